The fraction of sp³-hybridized carbons (Fsp3) is 0.429. The fourth-order valence-electron chi connectivity index (χ4n) is 2.62. The third-order valence-electron chi connectivity index (χ3n) is 3.61. The molecule has 1 N–H and O–H groups in total. The number of rotatable bonds is 2. The molecule has 1 atom stereocenters. The van der Waals surface area contributed by atoms with Crippen molar-refractivity contribution in [2.24, 2.45) is 0 Å². The Labute approximate surface area is 104 Å². The van der Waals surface area contributed by atoms with Crippen LogP contribution >= 0.6 is 0 Å². The van der Waals surface area contributed by atoms with Gasteiger partial charge in [0.2, 0.25) is 0 Å². The molecule has 1 aromatic carbocycles. The Bertz CT molecular complexity index is 558. The lowest BCUT2D eigenvalue weighted by Gasteiger charge is -2.23. The van der Waals surface area contributed by atoms with Crippen LogP contribution in [0.5, 0.6) is 0 Å². The average molecular weight is 251 g/mol. The predicted molar refractivity (Wildman–Crippen MR) is 65.5 cm³/mol. The second kappa shape index (κ2) is 4.69. The standard InChI is InChI=1S/C14H15F2NO/c15-12-8-13-10(4-6-18-13)14(16)11(12)7-9-3-1-2-5-17-9/h4,6,8-9,17H,1-3,5,7H2. The number of nitrogens with one attached hydrogen (secondary N) is 1. The van der Waals surface area contributed by atoms with E-state index in [4.69, 9.17) is 4.42 Å². The van der Waals surface area contributed by atoms with Gasteiger partial charge < -0.3 is 9.73 Å². The molecule has 1 fully saturated rings. The van der Waals surface area contributed by atoms with Crippen LogP contribution < -0.4 is 5.32 Å². The summed E-state index contributed by atoms with van der Waals surface area (Å²) < 4.78 is 33.1. The van der Waals surface area contributed by atoms with E-state index in [-0.39, 0.29) is 17.2 Å². The molecule has 0 bridgehead atoms. The van der Waals surface area contributed by atoms with Crippen LogP contribution in [0, 0.1) is 11.6 Å². The van der Waals surface area contributed by atoms with E-state index in [1.54, 1.807) is 6.07 Å². The fourth-order valence-corrected chi connectivity index (χ4v) is 2.62. The average Bonchev–Trinajstić information content (AvgIpc) is 2.84. The first-order chi connectivity index (χ1) is 8.75. The smallest absolute Gasteiger partial charge is 0.140 e. The summed E-state index contributed by atoms with van der Waals surface area (Å²) in [5, 5.41) is 3.67. The Kier molecular flexibility index (Phi) is 3.04. The minimum Gasteiger partial charge on any atom is -0.464 e. The Hall–Kier alpha value is -1.42. The molecule has 1 aliphatic heterocycles. The van der Waals surface area contributed by atoms with E-state index in [2.05, 4.69) is 5.32 Å². The van der Waals surface area contributed by atoms with E-state index in [0.717, 1.165) is 25.8 Å². The van der Waals surface area contributed by atoms with Gasteiger partial charge in [-0.2, -0.15) is 0 Å². The van der Waals surface area contributed by atoms with Crippen LogP contribution in [0.1, 0.15) is 24.8 Å². The van der Waals surface area contributed by atoms with Crippen molar-refractivity contribution in [3.63, 3.8) is 0 Å². The molecule has 18 heavy (non-hydrogen) atoms. The van der Waals surface area contributed by atoms with Gasteiger partial charge in [-0.05, 0) is 31.9 Å². The monoisotopic (exact) mass is 251 g/mol. The number of furan rings is 1. The highest BCUT2D eigenvalue weighted by molar-refractivity contribution is 5.78. The molecule has 1 aliphatic rings. The molecule has 2 nitrogen and oxygen atoms in total. The van der Waals surface area contributed by atoms with Gasteiger partial charge in [-0.3, -0.25) is 0 Å². The molecule has 0 saturated carbocycles. The number of hydrogen-bond donors (Lipinski definition) is 1. The Morgan fingerprint density at radius 1 is 1.33 bits per heavy atom. The first kappa shape index (κ1) is 11.7. The topological polar surface area (TPSA) is 25.2 Å². The molecule has 0 amide bonds. The first-order valence-electron chi connectivity index (χ1n) is 6.33. The third kappa shape index (κ3) is 2.01. The van der Waals surface area contributed by atoms with Crippen LogP contribution in [-0.4, -0.2) is 12.6 Å². The van der Waals surface area contributed by atoms with Gasteiger partial charge in [-0.25, -0.2) is 8.78 Å². The zero-order valence-electron chi connectivity index (χ0n) is 10.0. The Morgan fingerprint density at radius 3 is 3.00 bits per heavy atom. The summed E-state index contributed by atoms with van der Waals surface area (Å²) in [6.45, 7) is 0.932. The molecule has 2 aromatic rings. The van der Waals surface area contributed by atoms with Gasteiger partial charge in [0.1, 0.15) is 17.2 Å². The van der Waals surface area contributed by atoms with Crippen molar-refractivity contribution in [3.8, 4) is 0 Å². The van der Waals surface area contributed by atoms with Crippen molar-refractivity contribution in [2.75, 3.05) is 6.54 Å². The molecule has 0 spiro atoms. The second-order valence-electron chi connectivity index (χ2n) is 4.83. The van der Waals surface area contributed by atoms with Gasteiger partial charge in [-0.15, -0.1) is 0 Å². The van der Waals surface area contributed by atoms with Crippen molar-refractivity contribution in [1.29, 1.82) is 0 Å². The van der Waals surface area contributed by atoms with E-state index in [9.17, 15) is 8.78 Å². The molecular weight excluding hydrogens is 236 g/mol. The molecule has 1 unspecified atom stereocenters. The Morgan fingerprint density at radius 2 is 2.22 bits per heavy atom. The van der Waals surface area contributed by atoms with Crippen LogP contribution in [0.15, 0.2) is 22.8 Å². The number of halogens is 2. The summed E-state index contributed by atoms with van der Waals surface area (Å²) in [5.74, 6) is -0.992. The molecule has 0 aliphatic carbocycles. The molecule has 4 heteroatoms. The molecule has 1 saturated heterocycles. The van der Waals surface area contributed by atoms with E-state index in [1.807, 2.05) is 0 Å². The summed E-state index contributed by atoms with van der Waals surface area (Å²) in [4.78, 5) is 0. The van der Waals surface area contributed by atoms with Crippen LogP contribution in [0.25, 0.3) is 11.0 Å². The number of benzene rings is 1. The van der Waals surface area contributed by atoms with Crippen molar-refractivity contribution in [3.05, 3.63) is 35.6 Å². The van der Waals surface area contributed by atoms with Gasteiger partial charge in [0.05, 0.1) is 11.6 Å². The van der Waals surface area contributed by atoms with E-state index in [1.165, 1.54) is 12.3 Å². The highest BCUT2D eigenvalue weighted by Crippen LogP contribution is 2.26. The number of fused-ring (bicyclic) bond motifs is 1. The van der Waals surface area contributed by atoms with Crippen LogP contribution in [-0.2, 0) is 6.42 Å². The molecule has 96 valence electrons. The summed E-state index contributed by atoms with van der Waals surface area (Å²) in [7, 11) is 0. The van der Waals surface area contributed by atoms with Crippen LogP contribution in [0.4, 0.5) is 8.78 Å². The zero-order chi connectivity index (χ0) is 12.5. The SMILES string of the molecule is Fc1cc2occc2c(F)c1CC1CCCCN1. The normalized spacial score (nSPS) is 20.4. The molecular formula is C14H15F2NO. The lowest BCUT2D eigenvalue weighted by atomic mass is 9.96. The minimum absolute atomic E-state index is 0.170. The number of piperidine rings is 1. The maximum Gasteiger partial charge on any atom is 0.140 e. The van der Waals surface area contributed by atoms with E-state index < -0.39 is 11.6 Å². The quantitative estimate of drug-likeness (QED) is 0.885. The van der Waals surface area contributed by atoms with E-state index >= 15 is 0 Å². The van der Waals surface area contributed by atoms with E-state index in [0.29, 0.717) is 11.8 Å². The van der Waals surface area contributed by atoms with Gasteiger partial charge >= 0.3 is 0 Å². The molecule has 2 heterocycles. The zero-order valence-corrected chi connectivity index (χ0v) is 10.0. The Balaban J connectivity index is 1.94. The van der Waals surface area contributed by atoms with Gasteiger partial charge in [-0.1, -0.05) is 6.42 Å². The van der Waals surface area contributed by atoms with Crippen LogP contribution in [0.2, 0.25) is 0 Å². The molecule has 0 radical (unpaired) electrons. The van der Waals surface area contributed by atoms with Crippen molar-refractivity contribution >= 4 is 11.0 Å². The summed E-state index contributed by atoms with van der Waals surface area (Å²) in [6.07, 6.45) is 5.02. The summed E-state index contributed by atoms with van der Waals surface area (Å²) in [5.41, 5.74) is 0.439. The minimum atomic E-state index is -0.512. The van der Waals surface area contributed by atoms with Crippen molar-refractivity contribution in [2.45, 2.75) is 31.7 Å². The van der Waals surface area contributed by atoms with Gasteiger partial charge in [0, 0.05) is 17.7 Å². The largest absolute Gasteiger partial charge is 0.464 e. The molecule has 1 aromatic heterocycles. The maximum absolute atomic E-state index is 14.2. The first-order valence-corrected chi connectivity index (χ1v) is 6.33. The second-order valence-corrected chi connectivity index (χ2v) is 4.83. The van der Waals surface area contributed by atoms with Gasteiger partial charge in [0.15, 0.2) is 0 Å². The van der Waals surface area contributed by atoms with Gasteiger partial charge in [0.25, 0.3) is 0 Å². The summed E-state index contributed by atoms with van der Waals surface area (Å²) in [6, 6.07) is 2.99. The molecule has 3 rings (SSSR count). The third-order valence-corrected chi connectivity index (χ3v) is 3.61. The number of hydrogen-bond acceptors (Lipinski definition) is 2. The predicted octanol–water partition coefficient (Wildman–Crippen LogP) is 3.40. The van der Waals surface area contributed by atoms with Crippen LogP contribution in [0.3, 0.4) is 0 Å². The lowest BCUT2D eigenvalue weighted by molar-refractivity contribution is 0.390. The van der Waals surface area contributed by atoms with Crippen molar-refractivity contribution < 1.29 is 13.2 Å². The maximum atomic E-state index is 14.2. The highest BCUT2D eigenvalue weighted by Gasteiger charge is 2.20. The highest BCUT2D eigenvalue weighted by atomic mass is 19.1. The summed E-state index contributed by atoms with van der Waals surface area (Å²) >= 11 is 0. The van der Waals surface area contributed by atoms with Crippen molar-refractivity contribution in [1.82, 2.24) is 5.32 Å². The lowest BCUT2D eigenvalue weighted by Crippen LogP contribution is -2.36.